The maximum Gasteiger partial charge on any atom is 0.332 e. The van der Waals surface area contributed by atoms with Crippen LogP contribution < -0.4 is 4.72 Å². The lowest BCUT2D eigenvalue weighted by molar-refractivity contribution is -0.153. The fraction of sp³-hybridized carbons (Fsp3) is 0.640. The molecule has 1 aliphatic carbocycles. The van der Waals surface area contributed by atoms with E-state index in [1.54, 1.807) is 0 Å². The predicted molar refractivity (Wildman–Crippen MR) is 131 cm³/mol. The molecule has 2 aliphatic rings. The number of carboxylic acids is 1. The van der Waals surface area contributed by atoms with Crippen molar-refractivity contribution in [3.63, 3.8) is 0 Å². The van der Waals surface area contributed by atoms with Gasteiger partial charge in [0, 0.05) is 6.42 Å². The number of rotatable bonds is 13. The van der Waals surface area contributed by atoms with E-state index in [-0.39, 0.29) is 18.5 Å². The fourth-order valence-corrected chi connectivity index (χ4v) is 6.37. The topological polar surface area (TPSA) is 142 Å². The lowest BCUT2D eigenvalue weighted by Crippen LogP contribution is -2.42. The zero-order valence-electron chi connectivity index (χ0n) is 20.5. The van der Waals surface area contributed by atoms with E-state index in [2.05, 4.69) is 11.6 Å². The molecular formula is C25H36FNO8S. The van der Waals surface area contributed by atoms with E-state index < -0.39 is 63.8 Å². The monoisotopic (exact) mass is 529 g/mol. The minimum Gasteiger partial charge on any atom is -0.478 e. The number of unbranched alkanes of at least 4 members (excludes halogenated alkanes) is 5. The first kappa shape index (κ1) is 28.5. The quantitative estimate of drug-likeness (QED) is 0.286. The first-order valence-electron chi connectivity index (χ1n) is 12.5. The van der Waals surface area contributed by atoms with Gasteiger partial charge in [0.25, 0.3) is 0 Å². The van der Waals surface area contributed by atoms with Crippen molar-refractivity contribution in [2.75, 3.05) is 17.9 Å². The van der Waals surface area contributed by atoms with Gasteiger partial charge in [0.15, 0.2) is 5.79 Å². The molecule has 0 bridgehead atoms. The molecule has 11 heteroatoms. The standard InChI is InChI=1S/C25H36FNO8S/c1-2-3-4-5-6-7-8-17-13-18(26)9-10-20(17)27-36(32,33)23-11-12-25(14-19(23)24(30)31)34-21(15-28)22(16-29)35-25/h9-10,13-14,21-23,27-29H,2-8,11-12,15-16H2,1H3,(H,30,31)/t21-,22-,23?/m0/s1. The Morgan fingerprint density at radius 1 is 1.11 bits per heavy atom. The average Bonchev–Trinajstić information content (AvgIpc) is 3.19. The van der Waals surface area contributed by atoms with Crippen molar-refractivity contribution >= 4 is 21.7 Å². The van der Waals surface area contributed by atoms with Crippen molar-refractivity contribution < 1.29 is 42.4 Å². The number of hydrogen-bond acceptors (Lipinski definition) is 7. The predicted octanol–water partition coefficient (Wildman–Crippen LogP) is 3.11. The highest BCUT2D eigenvalue weighted by Crippen LogP contribution is 2.41. The number of hydrogen-bond donors (Lipinski definition) is 4. The van der Waals surface area contributed by atoms with E-state index in [1.165, 1.54) is 12.1 Å². The van der Waals surface area contributed by atoms with Crippen molar-refractivity contribution in [2.45, 2.75) is 88.0 Å². The summed E-state index contributed by atoms with van der Waals surface area (Å²) in [6.45, 7) is 1.24. The number of ether oxygens (including phenoxy) is 2. The van der Waals surface area contributed by atoms with Gasteiger partial charge in [-0.1, -0.05) is 39.0 Å². The maximum absolute atomic E-state index is 13.9. The molecule has 1 saturated heterocycles. The number of sulfonamides is 1. The Hall–Kier alpha value is -2.05. The Labute approximate surface area is 211 Å². The number of halogens is 1. The number of anilines is 1. The van der Waals surface area contributed by atoms with Crippen molar-refractivity contribution in [1.29, 1.82) is 0 Å². The van der Waals surface area contributed by atoms with E-state index in [0.29, 0.717) is 12.0 Å². The van der Waals surface area contributed by atoms with Crippen LogP contribution in [0.3, 0.4) is 0 Å². The van der Waals surface area contributed by atoms with Crippen LogP contribution in [-0.4, -0.2) is 66.2 Å². The number of benzene rings is 1. The number of aliphatic hydroxyl groups excluding tert-OH is 2. The maximum atomic E-state index is 13.9. The number of carbonyl (C=O) groups is 1. The average molecular weight is 530 g/mol. The van der Waals surface area contributed by atoms with E-state index in [1.807, 2.05) is 0 Å². The summed E-state index contributed by atoms with van der Waals surface area (Å²) in [6, 6.07) is 3.82. The SMILES string of the molecule is CCCCCCCCc1cc(F)ccc1NS(=O)(=O)C1CCC2(C=C1C(=O)O)O[C@@H](CO)[C@H](CO)O2. The molecule has 3 rings (SSSR count). The van der Waals surface area contributed by atoms with Crippen LogP contribution in [0, 0.1) is 5.82 Å². The van der Waals surface area contributed by atoms with Crippen molar-refractivity contribution in [3.8, 4) is 0 Å². The molecule has 1 unspecified atom stereocenters. The Balaban J connectivity index is 1.78. The molecule has 0 saturated carbocycles. The van der Waals surface area contributed by atoms with Crippen LogP contribution in [0.15, 0.2) is 29.8 Å². The van der Waals surface area contributed by atoms with Gasteiger partial charge in [0.2, 0.25) is 10.0 Å². The van der Waals surface area contributed by atoms with Crippen LogP contribution in [0.5, 0.6) is 0 Å². The molecule has 4 N–H and O–H groups in total. The molecule has 1 aliphatic heterocycles. The summed E-state index contributed by atoms with van der Waals surface area (Å²) < 4.78 is 54.5. The third-order valence-corrected chi connectivity index (χ3v) is 8.44. The Morgan fingerprint density at radius 2 is 1.75 bits per heavy atom. The summed E-state index contributed by atoms with van der Waals surface area (Å²) in [5, 5.41) is 27.4. The van der Waals surface area contributed by atoms with Crippen LogP contribution in [0.4, 0.5) is 10.1 Å². The molecule has 0 aromatic heterocycles. The normalized spacial score (nSPS) is 23.6. The molecule has 36 heavy (non-hydrogen) atoms. The van der Waals surface area contributed by atoms with Gasteiger partial charge in [-0.3, -0.25) is 4.72 Å². The minimum atomic E-state index is -4.22. The highest BCUT2D eigenvalue weighted by molar-refractivity contribution is 7.93. The molecule has 1 aromatic carbocycles. The Morgan fingerprint density at radius 3 is 2.36 bits per heavy atom. The van der Waals surface area contributed by atoms with Gasteiger partial charge >= 0.3 is 5.97 Å². The van der Waals surface area contributed by atoms with Crippen LogP contribution in [0.1, 0.15) is 63.9 Å². The molecule has 3 atom stereocenters. The third kappa shape index (κ3) is 6.83. The zero-order chi connectivity index (χ0) is 26.3. The lowest BCUT2D eigenvalue weighted by Gasteiger charge is -2.33. The first-order chi connectivity index (χ1) is 17.1. The van der Waals surface area contributed by atoms with Crippen LogP contribution in [0.2, 0.25) is 0 Å². The van der Waals surface area contributed by atoms with E-state index in [0.717, 1.165) is 50.7 Å². The molecular weight excluding hydrogens is 493 g/mol. The second-order valence-corrected chi connectivity index (χ2v) is 11.3. The van der Waals surface area contributed by atoms with Crippen LogP contribution >= 0.6 is 0 Å². The van der Waals surface area contributed by atoms with Gasteiger partial charge in [-0.2, -0.15) is 0 Å². The number of nitrogens with one attached hydrogen (secondary N) is 1. The Bertz CT molecular complexity index is 1030. The molecule has 1 fully saturated rings. The molecule has 0 amide bonds. The number of aliphatic hydroxyl groups is 2. The summed E-state index contributed by atoms with van der Waals surface area (Å²) in [5.74, 6) is -3.47. The summed E-state index contributed by atoms with van der Waals surface area (Å²) in [6.07, 6.45) is 5.95. The summed E-state index contributed by atoms with van der Waals surface area (Å²) in [5.41, 5.74) is 0.314. The second kappa shape index (κ2) is 12.5. The number of carboxylic acid groups (broad SMARTS) is 1. The summed E-state index contributed by atoms with van der Waals surface area (Å²) in [4.78, 5) is 12.0. The first-order valence-corrected chi connectivity index (χ1v) is 14.0. The summed E-state index contributed by atoms with van der Waals surface area (Å²) in [7, 11) is -4.22. The van der Waals surface area contributed by atoms with Gasteiger partial charge in [0.05, 0.1) is 24.5 Å². The van der Waals surface area contributed by atoms with Crippen molar-refractivity contribution in [2.24, 2.45) is 0 Å². The largest absolute Gasteiger partial charge is 0.478 e. The minimum absolute atomic E-state index is 0.0103. The van der Waals surface area contributed by atoms with Gasteiger partial charge < -0.3 is 24.8 Å². The molecule has 0 radical (unpaired) electrons. The highest BCUT2D eigenvalue weighted by atomic mass is 32.2. The lowest BCUT2D eigenvalue weighted by atomic mass is 9.94. The van der Waals surface area contributed by atoms with Crippen LogP contribution in [-0.2, 0) is 30.7 Å². The molecule has 9 nitrogen and oxygen atoms in total. The molecule has 1 spiro atoms. The smallest absolute Gasteiger partial charge is 0.332 e. The second-order valence-electron chi connectivity index (χ2n) is 9.39. The third-order valence-electron chi connectivity index (χ3n) is 6.69. The van der Waals surface area contributed by atoms with Gasteiger partial charge in [0.1, 0.15) is 23.3 Å². The van der Waals surface area contributed by atoms with Crippen molar-refractivity contribution in [1.82, 2.24) is 0 Å². The van der Waals surface area contributed by atoms with Gasteiger partial charge in [-0.15, -0.1) is 0 Å². The molecule has 202 valence electrons. The number of aryl methyl sites for hydroxylation is 1. The van der Waals surface area contributed by atoms with Crippen molar-refractivity contribution in [3.05, 3.63) is 41.2 Å². The number of aliphatic carboxylic acids is 1. The van der Waals surface area contributed by atoms with E-state index in [9.17, 15) is 32.9 Å². The molecule has 1 aromatic rings. The molecule has 1 heterocycles. The van der Waals surface area contributed by atoms with Gasteiger partial charge in [-0.05, 0) is 49.1 Å². The fourth-order valence-electron chi connectivity index (χ4n) is 4.79. The van der Waals surface area contributed by atoms with E-state index >= 15 is 0 Å². The highest BCUT2D eigenvalue weighted by Gasteiger charge is 2.51. The van der Waals surface area contributed by atoms with Crippen LogP contribution in [0.25, 0.3) is 0 Å². The summed E-state index contributed by atoms with van der Waals surface area (Å²) >= 11 is 0. The van der Waals surface area contributed by atoms with E-state index in [4.69, 9.17) is 9.47 Å². The van der Waals surface area contributed by atoms with Gasteiger partial charge in [-0.25, -0.2) is 17.6 Å². The Kier molecular flexibility index (Phi) is 9.87. The zero-order valence-corrected chi connectivity index (χ0v) is 21.3.